The number of H-pyrrole nitrogens is 1. The van der Waals surface area contributed by atoms with Crippen molar-refractivity contribution in [3.8, 4) is 28.1 Å². The Labute approximate surface area is 218 Å². The van der Waals surface area contributed by atoms with Gasteiger partial charge in [-0.3, -0.25) is 4.79 Å². The summed E-state index contributed by atoms with van der Waals surface area (Å²) >= 11 is 0. The van der Waals surface area contributed by atoms with Crippen molar-refractivity contribution < 1.29 is 18.3 Å². The minimum atomic E-state index is -1.06. The van der Waals surface area contributed by atoms with Gasteiger partial charge in [0.25, 0.3) is 6.47 Å². The second-order valence-electron chi connectivity index (χ2n) is 11.0. The number of aromatic nitrogens is 5. The van der Waals surface area contributed by atoms with Gasteiger partial charge in [0.05, 0.1) is 18.0 Å². The molecule has 0 amide bonds. The lowest BCUT2D eigenvalue weighted by molar-refractivity contribution is -0.120. The zero-order chi connectivity index (χ0) is 27.2. The van der Waals surface area contributed by atoms with E-state index in [0.29, 0.717) is 28.3 Å². The van der Waals surface area contributed by atoms with Crippen LogP contribution in [0.4, 0.5) is 14.7 Å². The maximum Gasteiger partial charge on any atom is 0.298 e. The van der Waals surface area contributed by atoms with Crippen LogP contribution in [0.5, 0.6) is 5.75 Å². The lowest BCUT2D eigenvalue weighted by Crippen LogP contribution is -2.62. The Hall–Kier alpha value is -3.99. The van der Waals surface area contributed by atoms with Crippen molar-refractivity contribution in [2.24, 2.45) is 0 Å². The van der Waals surface area contributed by atoms with Gasteiger partial charge in [0, 0.05) is 35.3 Å². The van der Waals surface area contributed by atoms with Crippen molar-refractivity contribution in [3.05, 3.63) is 48.4 Å². The molecule has 2 N–H and O–H groups in total. The number of benzene rings is 2. The minimum absolute atomic E-state index is 0.00412. The van der Waals surface area contributed by atoms with Crippen LogP contribution in [0, 0.1) is 11.6 Å². The zero-order valence-corrected chi connectivity index (χ0v) is 21.8. The second kappa shape index (κ2) is 9.39. The standard InChI is InChI=1S/C27H29F2N7O2/c1-26(2)10-16(11-27(3,4)35-26)36(5)25-30-12-20(33-34-25)17-7-6-15(8-21(17)38-14-37)18-9-19-24(32-13-31-19)23(29)22(18)28/h6-9,12-14,16,35H,10-11H2,1-5H3,(H,31,32). The molecule has 1 fully saturated rings. The van der Waals surface area contributed by atoms with E-state index in [1.165, 1.54) is 18.5 Å². The zero-order valence-electron chi connectivity index (χ0n) is 21.8. The number of imidazole rings is 1. The first kappa shape index (κ1) is 25.7. The third kappa shape index (κ3) is 4.81. The number of carbonyl (C=O) groups excluding carboxylic acids is 1. The molecule has 38 heavy (non-hydrogen) atoms. The lowest BCUT2D eigenvalue weighted by Gasteiger charge is -2.48. The highest BCUT2D eigenvalue weighted by atomic mass is 19.2. The number of hydrogen-bond acceptors (Lipinski definition) is 8. The highest BCUT2D eigenvalue weighted by molar-refractivity contribution is 5.84. The van der Waals surface area contributed by atoms with E-state index in [1.54, 1.807) is 18.3 Å². The highest BCUT2D eigenvalue weighted by Gasteiger charge is 2.39. The number of nitrogens with zero attached hydrogens (tertiary/aromatic N) is 5. The van der Waals surface area contributed by atoms with E-state index in [-0.39, 0.29) is 40.4 Å². The van der Waals surface area contributed by atoms with Crippen molar-refractivity contribution >= 4 is 23.5 Å². The molecule has 1 saturated heterocycles. The Kier molecular flexibility index (Phi) is 6.34. The number of anilines is 1. The number of aromatic amines is 1. The van der Waals surface area contributed by atoms with Crippen LogP contribution in [-0.2, 0) is 4.79 Å². The molecule has 2 aromatic heterocycles. The first-order valence-electron chi connectivity index (χ1n) is 12.3. The van der Waals surface area contributed by atoms with Gasteiger partial charge < -0.3 is 19.9 Å². The van der Waals surface area contributed by atoms with Gasteiger partial charge >= 0.3 is 0 Å². The Morgan fingerprint density at radius 1 is 1.03 bits per heavy atom. The van der Waals surface area contributed by atoms with Gasteiger partial charge in [0.1, 0.15) is 17.0 Å². The molecule has 2 aromatic carbocycles. The van der Waals surface area contributed by atoms with E-state index >= 15 is 0 Å². The van der Waals surface area contributed by atoms with Gasteiger partial charge in [-0.05, 0) is 64.3 Å². The van der Waals surface area contributed by atoms with Gasteiger partial charge in [0.15, 0.2) is 11.6 Å². The topological polar surface area (TPSA) is 109 Å². The molecule has 0 aliphatic carbocycles. The Bertz CT molecular complexity index is 1490. The second-order valence-corrected chi connectivity index (χ2v) is 11.0. The third-order valence-electron chi connectivity index (χ3n) is 6.92. The van der Waals surface area contributed by atoms with E-state index in [2.05, 4.69) is 58.2 Å². The molecule has 3 heterocycles. The molecule has 0 unspecified atom stereocenters. The lowest BCUT2D eigenvalue weighted by atomic mass is 9.79. The Morgan fingerprint density at radius 2 is 1.76 bits per heavy atom. The molecular weight excluding hydrogens is 492 g/mol. The van der Waals surface area contributed by atoms with Gasteiger partial charge in [-0.25, -0.2) is 18.7 Å². The minimum Gasteiger partial charge on any atom is -0.428 e. The molecule has 1 aliphatic heterocycles. The van der Waals surface area contributed by atoms with Crippen molar-refractivity contribution in [2.75, 3.05) is 11.9 Å². The summed E-state index contributed by atoms with van der Waals surface area (Å²) < 4.78 is 34.5. The predicted octanol–water partition coefficient (Wildman–Crippen LogP) is 4.64. The normalized spacial score (nSPS) is 16.9. The number of rotatable bonds is 6. The van der Waals surface area contributed by atoms with E-state index in [9.17, 15) is 13.6 Å². The number of piperidine rings is 1. The molecule has 0 atom stereocenters. The van der Waals surface area contributed by atoms with Crippen molar-refractivity contribution in [3.63, 3.8) is 0 Å². The van der Waals surface area contributed by atoms with Crippen LogP contribution < -0.4 is 15.0 Å². The molecule has 0 bridgehead atoms. The predicted molar refractivity (Wildman–Crippen MR) is 140 cm³/mol. The molecule has 198 valence electrons. The molecule has 0 saturated carbocycles. The summed E-state index contributed by atoms with van der Waals surface area (Å²) in [7, 11) is 1.96. The largest absolute Gasteiger partial charge is 0.428 e. The summed E-state index contributed by atoms with van der Waals surface area (Å²) in [5.41, 5.74) is 1.28. The van der Waals surface area contributed by atoms with Crippen LogP contribution in [0.3, 0.4) is 0 Å². The summed E-state index contributed by atoms with van der Waals surface area (Å²) in [5.74, 6) is -1.52. The molecular formula is C27H29F2N7O2. The average molecular weight is 522 g/mol. The summed E-state index contributed by atoms with van der Waals surface area (Å²) in [6.07, 6.45) is 4.68. The summed E-state index contributed by atoms with van der Waals surface area (Å²) in [4.78, 5) is 24.4. The smallest absolute Gasteiger partial charge is 0.298 e. The van der Waals surface area contributed by atoms with Crippen molar-refractivity contribution in [1.29, 1.82) is 0 Å². The number of hydrogen-bond donors (Lipinski definition) is 2. The quantitative estimate of drug-likeness (QED) is 0.353. The molecule has 9 nitrogen and oxygen atoms in total. The Morgan fingerprint density at radius 3 is 2.42 bits per heavy atom. The maximum atomic E-state index is 14.8. The fourth-order valence-electron chi connectivity index (χ4n) is 5.54. The van der Waals surface area contributed by atoms with Crippen LogP contribution in [-0.4, -0.2) is 55.8 Å². The fraction of sp³-hybridized carbons (Fsp3) is 0.370. The van der Waals surface area contributed by atoms with E-state index in [1.807, 2.05) is 11.9 Å². The van der Waals surface area contributed by atoms with Crippen molar-refractivity contribution in [1.82, 2.24) is 30.5 Å². The van der Waals surface area contributed by atoms with Crippen LogP contribution in [0.15, 0.2) is 36.8 Å². The highest BCUT2D eigenvalue weighted by Crippen LogP contribution is 2.36. The number of nitrogens with one attached hydrogen (secondary N) is 2. The van der Waals surface area contributed by atoms with Gasteiger partial charge in [-0.1, -0.05) is 6.07 Å². The number of halogens is 2. The maximum absolute atomic E-state index is 14.8. The van der Waals surface area contributed by atoms with E-state index in [0.717, 1.165) is 12.8 Å². The van der Waals surface area contributed by atoms with Crippen LogP contribution >= 0.6 is 0 Å². The van der Waals surface area contributed by atoms with Crippen LogP contribution in [0.2, 0.25) is 0 Å². The first-order chi connectivity index (χ1) is 18.0. The number of carbonyl (C=O) groups is 1. The average Bonchev–Trinajstić information content (AvgIpc) is 3.33. The molecule has 5 rings (SSSR count). The monoisotopic (exact) mass is 521 g/mol. The van der Waals surface area contributed by atoms with Gasteiger partial charge in [0.2, 0.25) is 5.95 Å². The fourth-order valence-corrected chi connectivity index (χ4v) is 5.54. The van der Waals surface area contributed by atoms with Gasteiger partial charge in [-0.2, -0.15) is 0 Å². The summed E-state index contributed by atoms with van der Waals surface area (Å²) in [6, 6.07) is 6.31. The Balaban J connectivity index is 1.45. The van der Waals surface area contributed by atoms with Gasteiger partial charge in [-0.15, -0.1) is 10.2 Å². The molecule has 11 heteroatoms. The molecule has 1 aliphatic rings. The summed E-state index contributed by atoms with van der Waals surface area (Å²) in [6.45, 7) is 9.00. The SMILES string of the molecule is CN(c1ncc(-c2ccc(-c3cc4[nH]cnc4c(F)c3F)cc2OC=O)nn1)C1CC(C)(C)NC(C)(C)C1. The van der Waals surface area contributed by atoms with E-state index in [4.69, 9.17) is 4.74 Å². The summed E-state index contributed by atoms with van der Waals surface area (Å²) in [5, 5.41) is 12.3. The molecule has 4 aromatic rings. The van der Waals surface area contributed by atoms with E-state index < -0.39 is 11.6 Å². The van der Waals surface area contributed by atoms with Crippen LogP contribution in [0.25, 0.3) is 33.4 Å². The third-order valence-corrected chi connectivity index (χ3v) is 6.92. The number of ether oxygens (including phenoxy) is 1. The first-order valence-corrected chi connectivity index (χ1v) is 12.3. The van der Waals surface area contributed by atoms with Crippen LogP contribution in [0.1, 0.15) is 40.5 Å². The number of fused-ring (bicyclic) bond motifs is 1. The van der Waals surface area contributed by atoms with Crippen molar-refractivity contribution in [2.45, 2.75) is 57.7 Å². The molecule has 0 spiro atoms. The molecule has 0 radical (unpaired) electrons.